The summed E-state index contributed by atoms with van der Waals surface area (Å²) in [6.07, 6.45) is -2.87. The lowest BCUT2D eigenvalue weighted by molar-refractivity contribution is -0.137. The molecule has 0 bridgehead atoms. The molecule has 0 aliphatic carbocycles. The van der Waals surface area contributed by atoms with Crippen LogP contribution >= 0.6 is 23.8 Å². The summed E-state index contributed by atoms with van der Waals surface area (Å²) in [7, 11) is 0. The Hall–Kier alpha value is -1.86. The Morgan fingerprint density at radius 3 is 2.67 bits per heavy atom. The fraction of sp³-hybridized carbons (Fsp3) is 0.0769. The van der Waals surface area contributed by atoms with E-state index in [9.17, 15) is 13.2 Å². The minimum absolute atomic E-state index is 0.0486. The van der Waals surface area contributed by atoms with Crippen molar-refractivity contribution in [2.75, 3.05) is 0 Å². The van der Waals surface area contributed by atoms with Crippen LogP contribution in [0.2, 0.25) is 5.02 Å². The molecule has 0 saturated heterocycles. The van der Waals surface area contributed by atoms with Crippen LogP contribution in [-0.2, 0) is 6.18 Å². The van der Waals surface area contributed by atoms with Crippen molar-refractivity contribution in [2.24, 2.45) is 0 Å². The number of nitrogens with one attached hydrogen (secondary N) is 1. The summed E-state index contributed by atoms with van der Waals surface area (Å²) >= 11 is 11.2. The van der Waals surface area contributed by atoms with E-state index in [4.69, 9.17) is 23.8 Å². The first-order valence-electron chi connectivity index (χ1n) is 5.81. The molecule has 3 nitrogen and oxygen atoms in total. The molecule has 8 heteroatoms. The van der Waals surface area contributed by atoms with Crippen molar-refractivity contribution in [1.29, 1.82) is 0 Å². The minimum atomic E-state index is -4.44. The van der Waals surface area contributed by atoms with Gasteiger partial charge in [-0.05, 0) is 42.5 Å². The summed E-state index contributed by atoms with van der Waals surface area (Å²) in [5.74, 6) is 0. The van der Waals surface area contributed by atoms with Crippen LogP contribution in [0.3, 0.4) is 0 Å². The van der Waals surface area contributed by atoms with E-state index in [1.807, 2.05) is 0 Å². The number of pyridine rings is 1. The number of alkyl halides is 3. The monoisotopic (exact) mass is 329 g/mol. The molecule has 0 atom stereocenters. The van der Waals surface area contributed by atoms with E-state index in [0.717, 1.165) is 12.1 Å². The van der Waals surface area contributed by atoms with Crippen LogP contribution in [0.15, 0.2) is 36.5 Å². The van der Waals surface area contributed by atoms with Crippen molar-refractivity contribution < 1.29 is 13.2 Å². The highest BCUT2D eigenvalue weighted by atomic mass is 35.5. The fourth-order valence-electron chi connectivity index (χ4n) is 2.03. The van der Waals surface area contributed by atoms with Gasteiger partial charge in [-0.25, -0.2) is 4.98 Å². The van der Waals surface area contributed by atoms with Crippen molar-refractivity contribution in [3.05, 3.63) is 51.9 Å². The lowest BCUT2D eigenvalue weighted by atomic mass is 10.2. The van der Waals surface area contributed by atoms with Gasteiger partial charge in [0.2, 0.25) is 0 Å². The molecule has 1 N–H and O–H groups in total. The summed E-state index contributed by atoms with van der Waals surface area (Å²) < 4.78 is 39.8. The first-order valence-corrected chi connectivity index (χ1v) is 6.59. The van der Waals surface area contributed by atoms with Crippen LogP contribution in [0.25, 0.3) is 16.9 Å². The van der Waals surface area contributed by atoms with Gasteiger partial charge in [0, 0.05) is 6.20 Å². The number of hydrogen-bond acceptors (Lipinski definition) is 2. The highest BCUT2D eigenvalue weighted by molar-refractivity contribution is 7.71. The lowest BCUT2D eigenvalue weighted by Crippen LogP contribution is -2.06. The van der Waals surface area contributed by atoms with E-state index >= 15 is 0 Å². The topological polar surface area (TPSA) is 33.6 Å². The van der Waals surface area contributed by atoms with Crippen LogP contribution in [0, 0.1) is 4.77 Å². The maximum Gasteiger partial charge on any atom is 0.416 e. The molecule has 0 aliphatic heterocycles. The van der Waals surface area contributed by atoms with Crippen molar-refractivity contribution in [1.82, 2.24) is 14.5 Å². The van der Waals surface area contributed by atoms with Crippen LogP contribution < -0.4 is 0 Å². The van der Waals surface area contributed by atoms with E-state index in [2.05, 4.69) is 9.97 Å². The summed E-state index contributed by atoms with van der Waals surface area (Å²) in [6, 6.07) is 6.62. The smallest absolute Gasteiger partial charge is 0.329 e. The van der Waals surface area contributed by atoms with Crippen LogP contribution in [0.5, 0.6) is 0 Å². The molecule has 2 aromatic heterocycles. The normalized spacial score (nSPS) is 12.0. The molecule has 2 heterocycles. The van der Waals surface area contributed by atoms with E-state index in [0.29, 0.717) is 21.6 Å². The Bertz CT molecular complexity index is 882. The number of aromatic amines is 1. The van der Waals surface area contributed by atoms with Gasteiger partial charge in [0.05, 0.1) is 21.8 Å². The third kappa shape index (κ3) is 2.43. The molecule has 0 radical (unpaired) electrons. The van der Waals surface area contributed by atoms with Gasteiger partial charge in [-0.1, -0.05) is 11.6 Å². The Balaban J connectivity index is 2.25. The van der Waals surface area contributed by atoms with Crippen molar-refractivity contribution >= 4 is 35.0 Å². The van der Waals surface area contributed by atoms with Gasteiger partial charge in [0.1, 0.15) is 0 Å². The largest absolute Gasteiger partial charge is 0.416 e. The summed E-state index contributed by atoms with van der Waals surface area (Å²) in [4.78, 5) is 7.11. The average Bonchev–Trinajstić information content (AvgIpc) is 2.74. The third-order valence-corrected chi connectivity index (χ3v) is 3.55. The Labute approximate surface area is 127 Å². The molecule has 1 aromatic carbocycles. The van der Waals surface area contributed by atoms with Gasteiger partial charge >= 0.3 is 6.18 Å². The standard InChI is InChI=1S/C13H7ClF3N3S/c14-8-6-7(13(15,16)17)3-4-10(8)20-11-9(19-12(20)21)2-1-5-18-11/h1-6H,(H,19,21). The maximum atomic E-state index is 12.7. The van der Waals surface area contributed by atoms with Gasteiger partial charge in [-0.3, -0.25) is 4.57 Å². The number of benzene rings is 1. The second kappa shape index (κ2) is 4.85. The first-order chi connectivity index (χ1) is 9.88. The molecule has 0 spiro atoms. The zero-order valence-electron chi connectivity index (χ0n) is 10.3. The predicted molar refractivity (Wildman–Crippen MR) is 76.3 cm³/mol. The molecular weight excluding hydrogens is 323 g/mol. The number of aromatic nitrogens is 3. The summed E-state index contributed by atoms with van der Waals surface area (Å²) in [5.41, 5.74) is 0.720. The number of nitrogens with zero attached hydrogens (tertiary/aromatic N) is 2. The highest BCUT2D eigenvalue weighted by Gasteiger charge is 2.31. The molecule has 0 unspecified atom stereocenters. The van der Waals surface area contributed by atoms with E-state index < -0.39 is 11.7 Å². The molecule has 0 amide bonds. The molecular formula is C13H7ClF3N3S. The Morgan fingerprint density at radius 2 is 2.00 bits per heavy atom. The number of hydrogen-bond donors (Lipinski definition) is 1. The molecule has 21 heavy (non-hydrogen) atoms. The van der Waals surface area contributed by atoms with Gasteiger partial charge in [0.25, 0.3) is 0 Å². The quantitative estimate of drug-likeness (QED) is 0.653. The van der Waals surface area contributed by atoms with E-state index in [1.54, 1.807) is 18.3 Å². The molecule has 108 valence electrons. The maximum absolute atomic E-state index is 12.7. The van der Waals surface area contributed by atoms with E-state index in [1.165, 1.54) is 10.6 Å². The zero-order valence-corrected chi connectivity index (χ0v) is 11.9. The number of fused-ring (bicyclic) bond motifs is 1. The highest BCUT2D eigenvalue weighted by Crippen LogP contribution is 2.33. The van der Waals surface area contributed by atoms with Gasteiger partial charge in [-0.15, -0.1) is 0 Å². The molecule has 0 fully saturated rings. The fourth-order valence-corrected chi connectivity index (χ4v) is 2.59. The number of rotatable bonds is 1. The second-order valence-electron chi connectivity index (χ2n) is 4.30. The van der Waals surface area contributed by atoms with Crippen molar-refractivity contribution in [2.45, 2.75) is 6.18 Å². The number of imidazole rings is 1. The molecule has 0 aliphatic rings. The van der Waals surface area contributed by atoms with Gasteiger partial charge in [-0.2, -0.15) is 13.2 Å². The van der Waals surface area contributed by atoms with Crippen LogP contribution in [0.4, 0.5) is 13.2 Å². The number of H-pyrrole nitrogens is 1. The SMILES string of the molecule is FC(F)(F)c1ccc(-n2c(=S)[nH]c3cccnc32)c(Cl)c1. The minimum Gasteiger partial charge on any atom is -0.329 e. The Morgan fingerprint density at radius 1 is 1.24 bits per heavy atom. The average molecular weight is 330 g/mol. The lowest BCUT2D eigenvalue weighted by Gasteiger charge is -2.10. The zero-order chi connectivity index (χ0) is 15.2. The predicted octanol–water partition coefficient (Wildman–Crippen LogP) is 4.76. The van der Waals surface area contributed by atoms with Crippen molar-refractivity contribution in [3.63, 3.8) is 0 Å². The van der Waals surface area contributed by atoms with Crippen molar-refractivity contribution in [3.8, 4) is 5.69 Å². The summed E-state index contributed by atoms with van der Waals surface area (Å²) in [6.45, 7) is 0. The van der Waals surface area contributed by atoms with Crippen LogP contribution in [0.1, 0.15) is 5.56 Å². The molecule has 0 saturated carbocycles. The molecule has 3 aromatic rings. The van der Waals surface area contributed by atoms with Gasteiger partial charge in [0.15, 0.2) is 10.4 Å². The van der Waals surface area contributed by atoms with E-state index in [-0.39, 0.29) is 5.02 Å². The second-order valence-corrected chi connectivity index (χ2v) is 5.10. The number of halogens is 4. The third-order valence-electron chi connectivity index (χ3n) is 2.96. The summed E-state index contributed by atoms with van der Waals surface area (Å²) in [5, 5.41) is -0.0486. The first kappa shape index (κ1) is 14.1. The molecule has 3 rings (SSSR count). The Kier molecular flexibility index (Phi) is 3.26. The van der Waals surface area contributed by atoms with Gasteiger partial charge < -0.3 is 4.98 Å². The van der Waals surface area contributed by atoms with Crippen LogP contribution in [-0.4, -0.2) is 14.5 Å².